The third kappa shape index (κ3) is 1.83. The Kier molecular flexibility index (Phi) is 2.61. The summed E-state index contributed by atoms with van der Waals surface area (Å²) in [5.74, 6) is 1.62. The van der Waals surface area contributed by atoms with Crippen LogP contribution in [0.2, 0.25) is 0 Å². The minimum absolute atomic E-state index is 0.601. The van der Waals surface area contributed by atoms with Crippen LogP contribution in [0.4, 0.5) is 0 Å². The zero-order valence-corrected chi connectivity index (χ0v) is 9.41. The van der Waals surface area contributed by atoms with Crippen molar-refractivity contribution in [3.63, 3.8) is 0 Å². The number of fused-ring (bicyclic) bond motifs is 1. The summed E-state index contributed by atoms with van der Waals surface area (Å²) in [5, 5.41) is 0. The third-order valence-electron chi connectivity index (χ3n) is 3.25. The highest BCUT2D eigenvalue weighted by Gasteiger charge is 2.29. The number of nitrogens with two attached hydrogens (primary N) is 1. The lowest BCUT2D eigenvalue weighted by molar-refractivity contribution is 0.106. The molecule has 1 aromatic rings. The topological polar surface area (TPSA) is 61.0 Å². The Morgan fingerprint density at radius 1 is 1.31 bits per heavy atom. The Morgan fingerprint density at radius 2 is 2.19 bits per heavy atom. The van der Waals surface area contributed by atoms with Gasteiger partial charge in [0.15, 0.2) is 0 Å². The Morgan fingerprint density at radius 3 is 2.94 bits per heavy atom. The summed E-state index contributed by atoms with van der Waals surface area (Å²) in [5.41, 5.74) is 9.20. The van der Waals surface area contributed by atoms with Crippen molar-refractivity contribution in [2.24, 2.45) is 5.73 Å². The second kappa shape index (κ2) is 4.11. The predicted octanol–water partition coefficient (Wildman–Crippen LogP) is 0.928. The number of rotatable bonds is 3. The van der Waals surface area contributed by atoms with Crippen molar-refractivity contribution in [3.8, 4) is 0 Å². The van der Waals surface area contributed by atoms with Crippen LogP contribution in [0.1, 0.15) is 41.5 Å². The highest BCUT2D eigenvalue weighted by atomic mass is 16.5. The molecule has 0 amide bonds. The largest absolute Gasteiger partial charge is 0.375 e. The van der Waals surface area contributed by atoms with Gasteiger partial charge in [-0.05, 0) is 31.4 Å². The molecule has 0 aromatic carbocycles. The average molecular weight is 219 g/mol. The molecule has 0 spiro atoms. The maximum absolute atomic E-state index is 5.64. The van der Waals surface area contributed by atoms with E-state index in [1.54, 1.807) is 0 Å². The van der Waals surface area contributed by atoms with Crippen LogP contribution in [0, 0.1) is 0 Å². The van der Waals surface area contributed by atoms with E-state index in [1.807, 2.05) is 0 Å². The van der Waals surface area contributed by atoms with Crippen LogP contribution in [-0.2, 0) is 24.2 Å². The first-order valence-corrected chi connectivity index (χ1v) is 6.05. The fourth-order valence-electron chi connectivity index (χ4n) is 2.22. The van der Waals surface area contributed by atoms with Gasteiger partial charge in [-0.3, -0.25) is 0 Å². The van der Waals surface area contributed by atoms with Gasteiger partial charge in [0, 0.05) is 18.0 Å². The lowest BCUT2D eigenvalue weighted by atomic mass is 10.0. The van der Waals surface area contributed by atoms with E-state index in [9.17, 15) is 0 Å². The molecule has 0 unspecified atom stereocenters. The molecule has 1 aliphatic carbocycles. The minimum Gasteiger partial charge on any atom is -0.375 e. The molecule has 3 rings (SSSR count). The second-order valence-corrected chi connectivity index (χ2v) is 4.57. The molecular formula is C12H17N3O. The van der Waals surface area contributed by atoms with E-state index in [2.05, 4.69) is 4.98 Å². The quantitative estimate of drug-likeness (QED) is 0.821. The van der Waals surface area contributed by atoms with E-state index < -0.39 is 0 Å². The third-order valence-corrected chi connectivity index (χ3v) is 3.25. The zero-order chi connectivity index (χ0) is 11.0. The highest BCUT2D eigenvalue weighted by Crippen LogP contribution is 2.38. The molecule has 1 saturated carbocycles. The number of hydrogen-bond acceptors (Lipinski definition) is 4. The van der Waals surface area contributed by atoms with Gasteiger partial charge < -0.3 is 10.5 Å². The van der Waals surface area contributed by atoms with Crippen LogP contribution < -0.4 is 5.73 Å². The average Bonchev–Trinajstić information content (AvgIpc) is 3.13. The second-order valence-electron chi connectivity index (χ2n) is 4.57. The minimum atomic E-state index is 0.601. The molecule has 4 nitrogen and oxygen atoms in total. The molecule has 0 bridgehead atoms. The van der Waals surface area contributed by atoms with Gasteiger partial charge in [0.2, 0.25) is 0 Å². The molecule has 2 aliphatic rings. The first kappa shape index (κ1) is 10.2. The summed E-state index contributed by atoms with van der Waals surface area (Å²) in [6, 6.07) is 0. The van der Waals surface area contributed by atoms with Crippen molar-refractivity contribution in [2.45, 2.75) is 38.2 Å². The summed E-state index contributed by atoms with van der Waals surface area (Å²) in [6.45, 7) is 2.10. The monoisotopic (exact) mass is 219 g/mol. The summed E-state index contributed by atoms with van der Waals surface area (Å²) in [6.07, 6.45) is 4.28. The summed E-state index contributed by atoms with van der Waals surface area (Å²) in [7, 11) is 0. The van der Waals surface area contributed by atoms with E-state index in [0.29, 0.717) is 19.1 Å². The lowest BCUT2D eigenvalue weighted by Crippen LogP contribution is -2.19. The smallest absolute Gasteiger partial charge is 0.132 e. The fraction of sp³-hybridized carbons (Fsp3) is 0.667. The Hall–Kier alpha value is -1.00. The van der Waals surface area contributed by atoms with E-state index in [1.165, 1.54) is 18.4 Å². The molecule has 4 heteroatoms. The SMILES string of the molecule is NCCc1nc(C2CC2)nc2c1CCOC2. The van der Waals surface area contributed by atoms with E-state index in [-0.39, 0.29) is 0 Å². The summed E-state index contributed by atoms with van der Waals surface area (Å²) in [4.78, 5) is 9.33. The number of ether oxygens (including phenoxy) is 1. The van der Waals surface area contributed by atoms with Crippen molar-refractivity contribution in [1.29, 1.82) is 0 Å². The van der Waals surface area contributed by atoms with Crippen LogP contribution in [0.25, 0.3) is 0 Å². The van der Waals surface area contributed by atoms with Crippen LogP contribution >= 0.6 is 0 Å². The predicted molar refractivity (Wildman–Crippen MR) is 60.1 cm³/mol. The molecule has 2 heterocycles. The van der Waals surface area contributed by atoms with Crippen molar-refractivity contribution in [1.82, 2.24) is 9.97 Å². The van der Waals surface area contributed by atoms with Gasteiger partial charge in [-0.2, -0.15) is 0 Å². The number of hydrogen-bond donors (Lipinski definition) is 1. The Labute approximate surface area is 95.2 Å². The van der Waals surface area contributed by atoms with Gasteiger partial charge in [-0.15, -0.1) is 0 Å². The van der Waals surface area contributed by atoms with Crippen molar-refractivity contribution in [2.75, 3.05) is 13.2 Å². The normalized spacial score (nSPS) is 19.6. The van der Waals surface area contributed by atoms with Crippen LogP contribution in [0.5, 0.6) is 0 Å². The molecule has 0 radical (unpaired) electrons. The summed E-state index contributed by atoms with van der Waals surface area (Å²) < 4.78 is 5.46. The molecule has 0 saturated heterocycles. The molecule has 1 fully saturated rings. The van der Waals surface area contributed by atoms with Gasteiger partial charge in [-0.1, -0.05) is 0 Å². The standard InChI is InChI=1S/C12H17N3O/c13-5-3-10-9-4-6-16-7-11(9)15-12(14-10)8-1-2-8/h8H,1-7,13H2. The maximum Gasteiger partial charge on any atom is 0.132 e. The van der Waals surface area contributed by atoms with Crippen LogP contribution in [-0.4, -0.2) is 23.1 Å². The van der Waals surface area contributed by atoms with Gasteiger partial charge >= 0.3 is 0 Å². The van der Waals surface area contributed by atoms with Crippen molar-refractivity contribution in [3.05, 3.63) is 22.8 Å². The van der Waals surface area contributed by atoms with E-state index in [0.717, 1.165) is 36.7 Å². The maximum atomic E-state index is 5.64. The number of aromatic nitrogens is 2. The summed E-state index contributed by atoms with van der Waals surface area (Å²) >= 11 is 0. The first-order valence-electron chi connectivity index (χ1n) is 6.05. The van der Waals surface area contributed by atoms with Gasteiger partial charge in [-0.25, -0.2) is 9.97 Å². The van der Waals surface area contributed by atoms with Crippen molar-refractivity contribution >= 4 is 0 Å². The zero-order valence-electron chi connectivity index (χ0n) is 9.41. The molecular weight excluding hydrogens is 202 g/mol. The Balaban J connectivity index is 2.01. The van der Waals surface area contributed by atoms with Gasteiger partial charge in [0.25, 0.3) is 0 Å². The first-order chi connectivity index (χ1) is 7.88. The van der Waals surface area contributed by atoms with E-state index in [4.69, 9.17) is 15.5 Å². The Bertz CT molecular complexity index is 401. The highest BCUT2D eigenvalue weighted by molar-refractivity contribution is 5.29. The molecule has 86 valence electrons. The van der Waals surface area contributed by atoms with Gasteiger partial charge in [0.1, 0.15) is 5.82 Å². The molecule has 1 aromatic heterocycles. The molecule has 0 atom stereocenters. The van der Waals surface area contributed by atoms with Crippen LogP contribution in [0.3, 0.4) is 0 Å². The molecule has 16 heavy (non-hydrogen) atoms. The lowest BCUT2D eigenvalue weighted by Gasteiger charge is -2.19. The fourth-order valence-corrected chi connectivity index (χ4v) is 2.22. The van der Waals surface area contributed by atoms with Crippen molar-refractivity contribution < 1.29 is 4.74 Å². The van der Waals surface area contributed by atoms with Crippen LogP contribution in [0.15, 0.2) is 0 Å². The van der Waals surface area contributed by atoms with E-state index >= 15 is 0 Å². The van der Waals surface area contributed by atoms with Gasteiger partial charge in [0.05, 0.1) is 18.9 Å². The molecule has 1 aliphatic heterocycles. The molecule has 2 N–H and O–H groups in total. The number of nitrogens with zero attached hydrogens (tertiary/aromatic N) is 2.